The van der Waals surface area contributed by atoms with Crippen LogP contribution in [0.25, 0.3) is 0 Å². The summed E-state index contributed by atoms with van der Waals surface area (Å²) in [5.74, 6) is 0.994. The van der Waals surface area contributed by atoms with E-state index in [0.29, 0.717) is 12.6 Å². The molecule has 0 aromatic heterocycles. The van der Waals surface area contributed by atoms with E-state index < -0.39 is 0 Å². The first kappa shape index (κ1) is 12.9. The minimum Gasteiger partial charge on any atom is -0.382 e. The van der Waals surface area contributed by atoms with Crippen molar-refractivity contribution in [3.8, 4) is 0 Å². The van der Waals surface area contributed by atoms with Gasteiger partial charge in [-0.25, -0.2) is 0 Å². The van der Waals surface area contributed by atoms with E-state index in [0.717, 1.165) is 32.1 Å². The van der Waals surface area contributed by atoms with Crippen molar-refractivity contribution >= 4 is 0 Å². The Hall–Kier alpha value is -0.120. The molecule has 0 aromatic carbocycles. The molecule has 1 unspecified atom stereocenters. The largest absolute Gasteiger partial charge is 0.382 e. The Balaban J connectivity index is 1.97. The third kappa shape index (κ3) is 6.88. The highest BCUT2D eigenvalue weighted by Crippen LogP contribution is 2.34. The maximum atomic E-state index is 5.49. The average Bonchev–Trinajstić information content (AvgIpc) is 3.01. The topological polar surface area (TPSA) is 30.5 Å². The van der Waals surface area contributed by atoms with Gasteiger partial charge in [0.25, 0.3) is 0 Å². The van der Waals surface area contributed by atoms with Crippen LogP contribution in [0.3, 0.4) is 0 Å². The Morgan fingerprint density at radius 3 is 2.67 bits per heavy atom. The van der Waals surface area contributed by atoms with Crippen molar-refractivity contribution in [3.05, 3.63) is 0 Å². The zero-order valence-corrected chi connectivity index (χ0v) is 10.1. The maximum absolute atomic E-state index is 5.49. The average molecular weight is 215 g/mol. The van der Waals surface area contributed by atoms with Crippen LogP contribution in [0.5, 0.6) is 0 Å². The van der Waals surface area contributed by atoms with Crippen LogP contribution in [-0.2, 0) is 9.47 Å². The van der Waals surface area contributed by atoms with Crippen molar-refractivity contribution in [1.29, 1.82) is 0 Å². The van der Waals surface area contributed by atoms with Gasteiger partial charge in [0, 0.05) is 19.8 Å². The van der Waals surface area contributed by atoms with Crippen LogP contribution in [0, 0.1) is 5.92 Å². The summed E-state index contributed by atoms with van der Waals surface area (Å²) in [6.45, 7) is 5.52. The quantitative estimate of drug-likeness (QED) is 0.564. The highest BCUT2D eigenvalue weighted by atomic mass is 16.5. The van der Waals surface area contributed by atoms with Crippen molar-refractivity contribution < 1.29 is 9.47 Å². The Morgan fingerprint density at radius 1 is 1.27 bits per heavy atom. The molecule has 0 aliphatic heterocycles. The summed E-state index contributed by atoms with van der Waals surface area (Å²) in [6, 6.07) is 0.657. The molecule has 15 heavy (non-hydrogen) atoms. The lowest BCUT2D eigenvalue weighted by atomic mass is 10.1. The maximum Gasteiger partial charge on any atom is 0.0700 e. The first-order chi connectivity index (χ1) is 7.36. The summed E-state index contributed by atoms with van der Waals surface area (Å²) in [5.41, 5.74) is 0. The Labute approximate surface area is 93.5 Å². The first-order valence-electron chi connectivity index (χ1n) is 6.16. The Bertz CT molecular complexity index is 149. The fourth-order valence-corrected chi connectivity index (χ4v) is 1.82. The molecule has 0 amide bonds. The standard InChI is InChI=1S/C12H25NO2/c1-3-13-12(10-11-4-5-11)6-7-15-9-8-14-2/h11-13H,3-10H2,1-2H3. The van der Waals surface area contributed by atoms with Crippen molar-refractivity contribution in [1.82, 2.24) is 5.32 Å². The molecule has 90 valence electrons. The molecule has 1 rings (SSSR count). The molecule has 0 radical (unpaired) electrons. The van der Waals surface area contributed by atoms with Crippen LogP contribution in [0.1, 0.15) is 32.6 Å². The van der Waals surface area contributed by atoms with E-state index in [-0.39, 0.29) is 0 Å². The molecule has 0 saturated heterocycles. The van der Waals surface area contributed by atoms with Crippen LogP contribution in [0.15, 0.2) is 0 Å². The molecule has 1 aliphatic rings. The van der Waals surface area contributed by atoms with Crippen LogP contribution >= 0.6 is 0 Å². The van der Waals surface area contributed by atoms with Crippen LogP contribution < -0.4 is 5.32 Å². The second kappa shape index (κ2) is 8.08. The van der Waals surface area contributed by atoms with Crippen molar-refractivity contribution in [2.75, 3.05) is 33.5 Å². The lowest BCUT2D eigenvalue weighted by Gasteiger charge is -2.17. The molecule has 1 fully saturated rings. The predicted molar refractivity (Wildman–Crippen MR) is 62.1 cm³/mol. The highest BCUT2D eigenvalue weighted by molar-refractivity contribution is 4.79. The summed E-state index contributed by atoms with van der Waals surface area (Å²) in [5, 5.41) is 3.53. The molecule has 1 N–H and O–H groups in total. The zero-order chi connectivity index (χ0) is 10.9. The van der Waals surface area contributed by atoms with Gasteiger partial charge in [-0.2, -0.15) is 0 Å². The van der Waals surface area contributed by atoms with Gasteiger partial charge >= 0.3 is 0 Å². The third-order valence-electron chi connectivity index (χ3n) is 2.85. The van der Waals surface area contributed by atoms with E-state index in [9.17, 15) is 0 Å². The molecule has 1 atom stereocenters. The van der Waals surface area contributed by atoms with E-state index in [1.807, 2.05) is 0 Å². The minimum atomic E-state index is 0.657. The Kier molecular flexibility index (Phi) is 6.98. The van der Waals surface area contributed by atoms with Gasteiger partial charge in [0.15, 0.2) is 0 Å². The molecule has 0 bridgehead atoms. The van der Waals surface area contributed by atoms with E-state index in [1.54, 1.807) is 7.11 Å². The molecule has 3 nitrogen and oxygen atoms in total. The smallest absolute Gasteiger partial charge is 0.0700 e. The predicted octanol–water partition coefficient (Wildman–Crippen LogP) is 1.82. The Morgan fingerprint density at radius 2 is 2.07 bits per heavy atom. The van der Waals surface area contributed by atoms with Crippen molar-refractivity contribution in [2.45, 2.75) is 38.6 Å². The van der Waals surface area contributed by atoms with Gasteiger partial charge in [-0.05, 0) is 25.3 Å². The van der Waals surface area contributed by atoms with E-state index in [1.165, 1.54) is 19.3 Å². The van der Waals surface area contributed by atoms with E-state index >= 15 is 0 Å². The van der Waals surface area contributed by atoms with Gasteiger partial charge in [-0.15, -0.1) is 0 Å². The summed E-state index contributed by atoms with van der Waals surface area (Å²) >= 11 is 0. The third-order valence-corrected chi connectivity index (χ3v) is 2.85. The van der Waals surface area contributed by atoms with Crippen LogP contribution in [-0.4, -0.2) is 39.5 Å². The SMILES string of the molecule is CCNC(CCOCCOC)CC1CC1. The number of methoxy groups -OCH3 is 1. The van der Waals surface area contributed by atoms with Crippen molar-refractivity contribution in [2.24, 2.45) is 5.92 Å². The number of ether oxygens (including phenoxy) is 2. The number of hydrogen-bond donors (Lipinski definition) is 1. The van der Waals surface area contributed by atoms with Crippen LogP contribution in [0.2, 0.25) is 0 Å². The van der Waals surface area contributed by atoms with Crippen LogP contribution in [0.4, 0.5) is 0 Å². The fraction of sp³-hybridized carbons (Fsp3) is 1.00. The number of hydrogen-bond acceptors (Lipinski definition) is 3. The van der Waals surface area contributed by atoms with Gasteiger partial charge < -0.3 is 14.8 Å². The molecule has 3 heteroatoms. The van der Waals surface area contributed by atoms with Crippen molar-refractivity contribution in [3.63, 3.8) is 0 Å². The second-order valence-electron chi connectivity index (χ2n) is 4.33. The molecule has 0 heterocycles. The monoisotopic (exact) mass is 215 g/mol. The summed E-state index contributed by atoms with van der Waals surface area (Å²) in [6.07, 6.45) is 5.34. The fourth-order valence-electron chi connectivity index (χ4n) is 1.82. The van der Waals surface area contributed by atoms with E-state index in [4.69, 9.17) is 9.47 Å². The second-order valence-corrected chi connectivity index (χ2v) is 4.33. The summed E-state index contributed by atoms with van der Waals surface area (Å²) in [4.78, 5) is 0. The highest BCUT2D eigenvalue weighted by Gasteiger charge is 2.24. The minimum absolute atomic E-state index is 0.657. The lowest BCUT2D eigenvalue weighted by molar-refractivity contribution is 0.0653. The summed E-state index contributed by atoms with van der Waals surface area (Å²) in [7, 11) is 1.71. The van der Waals surface area contributed by atoms with Gasteiger partial charge in [0.05, 0.1) is 13.2 Å². The lowest BCUT2D eigenvalue weighted by Crippen LogP contribution is -2.30. The zero-order valence-electron chi connectivity index (χ0n) is 10.1. The molecule has 0 spiro atoms. The normalized spacial score (nSPS) is 18.0. The van der Waals surface area contributed by atoms with Gasteiger partial charge in [-0.3, -0.25) is 0 Å². The van der Waals surface area contributed by atoms with Gasteiger partial charge in [-0.1, -0.05) is 19.8 Å². The molecular formula is C12H25NO2. The van der Waals surface area contributed by atoms with Gasteiger partial charge in [0.1, 0.15) is 0 Å². The molecule has 1 aliphatic carbocycles. The molecular weight excluding hydrogens is 190 g/mol. The molecule has 1 saturated carbocycles. The number of nitrogens with one attached hydrogen (secondary N) is 1. The first-order valence-corrected chi connectivity index (χ1v) is 6.16. The van der Waals surface area contributed by atoms with Gasteiger partial charge in [0.2, 0.25) is 0 Å². The van der Waals surface area contributed by atoms with E-state index in [2.05, 4.69) is 12.2 Å². The number of rotatable bonds is 10. The molecule has 0 aromatic rings. The summed E-state index contributed by atoms with van der Waals surface area (Å²) < 4.78 is 10.4.